The molecule has 16 N–H and O–H groups in total. The first-order chi connectivity index (χ1) is 67.7. The quantitative estimate of drug-likeness (QED) is 0.0245. The fraction of sp³-hybridized carbons (Fsp3) is 0.0796. The smallest absolute Gasteiger partial charge is 0.417 e. The monoisotopic (exact) mass is 2090 g/mol. The molecule has 0 saturated heterocycles. The Hall–Kier alpha value is -14.7. The van der Waals surface area contributed by atoms with Crippen LogP contribution in [0.1, 0.15) is 155 Å². The predicted octanol–water partition coefficient (Wildman–Crippen LogP) is 30.0. The first-order valence-corrected chi connectivity index (χ1v) is 46.5. The molecule has 30 heteroatoms. The fourth-order valence-electron chi connectivity index (χ4n) is 13.6. The topological polar surface area (TPSA) is 363 Å². The number of nitrogen functional groups attached to an aromatic ring is 8. The van der Waals surface area contributed by atoms with Crippen LogP contribution in [0.5, 0.6) is 23.0 Å². The average Bonchev–Trinajstić information content (AvgIpc) is 0.786. The van der Waals surface area contributed by atoms with Gasteiger partial charge in [0, 0.05) is 95.3 Å². The van der Waals surface area contributed by atoms with E-state index in [4.69, 9.17) is 160 Å². The number of anilines is 8. The van der Waals surface area contributed by atoms with E-state index in [1.807, 2.05) is 170 Å². The van der Waals surface area contributed by atoms with Crippen molar-refractivity contribution >= 4 is 192 Å². The Labute approximate surface area is 870 Å². The average molecular weight is 2100 g/mol. The summed E-state index contributed by atoms with van der Waals surface area (Å²) < 4.78 is 50.8. The number of hydrogen-bond acceptors (Lipinski definition) is 18. The first kappa shape index (κ1) is 112. The van der Waals surface area contributed by atoms with Crippen LogP contribution in [0.4, 0.5) is 58.7 Å². The second-order valence-electron chi connectivity index (χ2n) is 32.7. The molecule has 0 aromatic heterocycles. The minimum Gasteiger partial charge on any atom is -0.457 e. The highest BCUT2D eigenvalue weighted by Crippen LogP contribution is 2.42. The van der Waals surface area contributed by atoms with Crippen LogP contribution in [0.3, 0.4) is 0 Å². The van der Waals surface area contributed by atoms with E-state index in [9.17, 15) is 51.5 Å². The maximum absolute atomic E-state index is 13.0. The lowest BCUT2D eigenvalue weighted by atomic mass is 9.74. The van der Waals surface area contributed by atoms with Crippen molar-refractivity contribution in [1.29, 1.82) is 0 Å². The van der Waals surface area contributed by atoms with Gasteiger partial charge in [-0.25, -0.2) is 0 Å². The van der Waals surface area contributed by atoms with Crippen LogP contribution in [-0.4, -0.2) is 41.9 Å². The molecule has 0 atom stereocenters. The van der Waals surface area contributed by atoms with Crippen LogP contribution in [0.25, 0.3) is 33.4 Å². The molecule has 0 amide bonds. The van der Waals surface area contributed by atoms with Gasteiger partial charge in [0.15, 0.2) is 0 Å². The summed E-state index contributed by atoms with van der Waals surface area (Å²) in [7, 11) is 0. The van der Waals surface area contributed by atoms with Crippen molar-refractivity contribution in [3.8, 4) is 56.4 Å². The van der Waals surface area contributed by atoms with Gasteiger partial charge in [0.25, 0.3) is 41.9 Å². The lowest BCUT2D eigenvalue weighted by Gasteiger charge is -2.29. The Morgan fingerprint density at radius 1 is 0.259 bits per heavy atom. The molecule has 730 valence electrons. The standard InChI is InChI=1S/C24H20N2O2.C24H28N2.C14H8Cl2O2.C14H13F3N2.C13H14N2.C8H3Cl3O2.2C8H4Cl2O2/c25-19-5-13-23(14-6-19)27-21-9-1-17(2-10-21)18-3-11-22(12-4-18)28-24-15-7-20(26)8-16-24;1-23(2,19-9-13-21(25)14-10-19)17-5-7-18(8-6-17)24(3,4)20-11-15-22(26)16-12-20;15-13(17)11-5-1-9(2-6-11)10-3-7-12(8-4-10)14(16)18;1-8-6-9(18)2-4-11(8)12-5-3-10(19)7-13(12)14(15,16)17;14-12-5-1-10(2-6-12)9-11-3-7-13(15)8-4-11;9-6-3-4(7(10)12)1-2-5(6)8(11)13;9-7(11)5-1-2-6(4-3-5)8(10)12;9-7(11)5-2-1-3-6(4-5)8(10)12/h1-16H,25-26H2;5-16H,25-26H2,1-4H3;1-8H;2-7H,18-19H2,1H3;1-8H,9,14-15H2;1-3H;2*1-4H. The SMILES string of the molecule is CC(C)(c1ccc(N)cc1)c1ccc(C(C)(C)c2ccc(N)cc2)cc1.Cc1cc(N)ccc1-c1ccc(N)cc1C(F)(F)F.Nc1ccc(Cc2ccc(N)cc2)cc1.Nc1ccc(Oc2ccc(-c3ccc(Oc4ccc(N)cc4)cc3)cc2)cc1.O=C(Cl)c1ccc(-c2ccc(C(=O)Cl)cc2)cc1.O=C(Cl)c1ccc(C(=O)Cl)c(Cl)c1.O=C(Cl)c1ccc(C(=O)Cl)cc1.O=C(Cl)c1cccc(C(=O)Cl)c1. The van der Waals surface area contributed by atoms with Gasteiger partial charge in [0.2, 0.25) is 0 Å². The minimum absolute atomic E-state index is 0.0719. The molecule has 16 aromatic rings. The number of halogens is 12. The van der Waals surface area contributed by atoms with Crippen molar-refractivity contribution in [2.75, 3.05) is 45.9 Å². The number of hydrogen-bond donors (Lipinski definition) is 8. The highest BCUT2D eigenvalue weighted by atomic mass is 35.5. The van der Waals surface area contributed by atoms with E-state index in [-0.39, 0.29) is 49.4 Å². The van der Waals surface area contributed by atoms with Crippen molar-refractivity contribution in [2.24, 2.45) is 0 Å². The summed E-state index contributed by atoms with van der Waals surface area (Å²) in [6.07, 6.45) is -3.53. The van der Waals surface area contributed by atoms with Gasteiger partial charge in [-0.15, -0.1) is 0 Å². The van der Waals surface area contributed by atoms with Crippen molar-refractivity contribution in [3.05, 3.63) is 464 Å². The van der Waals surface area contributed by atoms with Crippen LogP contribution >= 0.6 is 104 Å². The van der Waals surface area contributed by atoms with Gasteiger partial charge in [-0.2, -0.15) is 13.2 Å². The maximum atomic E-state index is 13.0. The van der Waals surface area contributed by atoms with Gasteiger partial charge in [-0.3, -0.25) is 38.4 Å². The summed E-state index contributed by atoms with van der Waals surface area (Å²) in [6, 6.07) is 110. The number of ether oxygens (including phenoxy) is 2. The van der Waals surface area contributed by atoms with E-state index in [1.54, 1.807) is 79.7 Å². The van der Waals surface area contributed by atoms with E-state index < -0.39 is 53.7 Å². The third-order valence-corrected chi connectivity index (χ3v) is 23.8. The molecule has 16 aromatic carbocycles. The Kier molecular flexibility index (Phi) is 41.2. The van der Waals surface area contributed by atoms with E-state index in [0.717, 1.165) is 80.5 Å². The molecular formula is C113H94Cl9F3N8O10. The zero-order valence-electron chi connectivity index (χ0n) is 77.2. The van der Waals surface area contributed by atoms with E-state index >= 15 is 0 Å². The van der Waals surface area contributed by atoms with Crippen molar-refractivity contribution in [3.63, 3.8) is 0 Å². The van der Waals surface area contributed by atoms with Crippen LogP contribution in [0.2, 0.25) is 5.02 Å². The molecule has 0 aliphatic rings. The highest BCUT2D eigenvalue weighted by molar-refractivity contribution is 6.71. The fourth-order valence-corrected chi connectivity index (χ4v) is 15.0. The molecule has 0 fully saturated rings. The van der Waals surface area contributed by atoms with Crippen molar-refractivity contribution < 1.29 is 61.0 Å². The van der Waals surface area contributed by atoms with Gasteiger partial charge >= 0.3 is 6.18 Å². The number of carbonyl (C=O) groups excluding carboxylic acids is 8. The Balaban J connectivity index is 0.000000186. The Morgan fingerprint density at radius 3 is 0.776 bits per heavy atom. The third kappa shape index (κ3) is 34.6. The molecule has 18 nitrogen and oxygen atoms in total. The molecule has 0 bridgehead atoms. The number of carbonyl (C=O) groups is 8. The largest absolute Gasteiger partial charge is 0.457 e. The maximum Gasteiger partial charge on any atom is 0.417 e. The van der Waals surface area contributed by atoms with Crippen molar-refractivity contribution in [2.45, 2.75) is 58.0 Å². The lowest BCUT2D eigenvalue weighted by molar-refractivity contribution is -0.137. The number of nitrogens with two attached hydrogens (primary N) is 8. The molecule has 0 saturated carbocycles. The molecule has 0 radical (unpaired) electrons. The van der Waals surface area contributed by atoms with Crippen LogP contribution < -0.4 is 55.3 Å². The zero-order chi connectivity index (χ0) is 105. The molecule has 16 rings (SSSR count). The summed E-state index contributed by atoms with van der Waals surface area (Å²) in [4.78, 5) is 85.6. The molecule has 0 heterocycles. The Bertz CT molecular complexity index is 6760. The summed E-state index contributed by atoms with van der Waals surface area (Å²) in [6.45, 7) is 10.7. The lowest BCUT2D eigenvalue weighted by Crippen LogP contribution is -2.21. The van der Waals surface area contributed by atoms with Crippen LogP contribution in [0.15, 0.2) is 370 Å². The molecule has 0 spiro atoms. The minimum atomic E-state index is -4.45. The van der Waals surface area contributed by atoms with Gasteiger partial charge in [-0.1, -0.05) is 191 Å². The number of aryl methyl sites for hydroxylation is 1. The van der Waals surface area contributed by atoms with Gasteiger partial charge in [0.1, 0.15) is 23.0 Å². The highest BCUT2D eigenvalue weighted by Gasteiger charge is 2.34. The van der Waals surface area contributed by atoms with Crippen molar-refractivity contribution in [1.82, 2.24) is 0 Å². The van der Waals surface area contributed by atoms with Crippen LogP contribution in [0, 0.1) is 6.92 Å². The molecule has 143 heavy (non-hydrogen) atoms. The van der Waals surface area contributed by atoms with E-state index in [1.165, 1.54) is 106 Å². The summed E-state index contributed by atoms with van der Waals surface area (Å²) in [5.74, 6) is 3.06. The summed E-state index contributed by atoms with van der Waals surface area (Å²) in [5, 5.41) is -4.45. The second-order valence-corrected chi connectivity index (χ2v) is 35.9. The number of alkyl halides is 3. The Morgan fingerprint density at radius 2 is 0.497 bits per heavy atom. The first-order valence-electron chi connectivity index (χ1n) is 43.1. The molecule has 0 aliphatic heterocycles. The van der Waals surface area contributed by atoms with E-state index in [2.05, 4.69) is 76.2 Å². The van der Waals surface area contributed by atoms with Crippen LogP contribution in [-0.2, 0) is 23.4 Å². The molecule has 0 aliphatic carbocycles. The number of benzene rings is 16. The predicted molar refractivity (Wildman–Crippen MR) is 579 cm³/mol. The van der Waals surface area contributed by atoms with E-state index in [0.29, 0.717) is 50.4 Å². The molecule has 0 unspecified atom stereocenters. The zero-order valence-corrected chi connectivity index (χ0v) is 84.0. The summed E-state index contributed by atoms with van der Waals surface area (Å²) >= 11 is 47.5. The van der Waals surface area contributed by atoms with Gasteiger partial charge < -0.3 is 55.3 Å². The summed E-state index contributed by atoms with van der Waals surface area (Å²) in [5.41, 5.74) is 65.2. The van der Waals surface area contributed by atoms with Gasteiger partial charge in [-0.05, 0) is 397 Å². The third-order valence-electron chi connectivity index (χ3n) is 21.7. The molecular weight excluding hydrogens is 2010 g/mol. The number of rotatable bonds is 21. The second kappa shape index (κ2) is 52.7. The normalized spacial score (nSPS) is 10.6. The van der Waals surface area contributed by atoms with Gasteiger partial charge in [0.05, 0.1) is 16.1 Å².